The molecule has 1 nitrogen and oxygen atoms in total. The zero-order valence-corrected chi connectivity index (χ0v) is 6.99. The molecule has 0 atom stereocenters. The number of hydrogen-bond donors (Lipinski definition) is 0. The van der Waals surface area contributed by atoms with Gasteiger partial charge in [-0.1, -0.05) is 12.1 Å². The number of benzene rings is 1. The molecule has 0 unspecified atom stereocenters. The highest BCUT2D eigenvalue weighted by molar-refractivity contribution is 5.75. The molecular weight excluding hydrogens is 146 g/mol. The monoisotopic (exact) mass is 156 g/mol. The molecule has 1 heterocycles. The molecule has 0 spiro atoms. The van der Waals surface area contributed by atoms with Crippen molar-refractivity contribution in [1.29, 1.82) is 0 Å². The Morgan fingerprint density at radius 3 is 2.67 bits per heavy atom. The van der Waals surface area contributed by atoms with Gasteiger partial charge in [-0.25, -0.2) is 0 Å². The summed E-state index contributed by atoms with van der Waals surface area (Å²) < 4.78 is 1.98. The van der Waals surface area contributed by atoms with E-state index in [0.29, 0.717) is 0 Å². The number of hydrogen-bond acceptors (Lipinski definition) is 0. The van der Waals surface area contributed by atoms with E-state index in [1.54, 1.807) is 0 Å². The summed E-state index contributed by atoms with van der Waals surface area (Å²) in [6.07, 6.45) is 0. The lowest BCUT2D eigenvalue weighted by molar-refractivity contribution is -0.648. The summed E-state index contributed by atoms with van der Waals surface area (Å²) in [7, 11) is 1.97. The highest BCUT2D eigenvalue weighted by Gasteiger charge is 2.05. The van der Waals surface area contributed by atoms with Crippen molar-refractivity contribution < 1.29 is 4.57 Å². The highest BCUT2D eigenvalue weighted by Crippen LogP contribution is 2.08. The molecule has 2 rings (SSSR count). The number of fused-ring (bicyclic) bond motifs is 1. The van der Waals surface area contributed by atoms with Crippen molar-refractivity contribution in [3.8, 4) is 0 Å². The van der Waals surface area contributed by atoms with Crippen LogP contribution in [0.25, 0.3) is 10.9 Å². The van der Waals surface area contributed by atoms with Crippen LogP contribution in [-0.2, 0) is 7.05 Å². The van der Waals surface area contributed by atoms with Crippen molar-refractivity contribution in [2.45, 2.75) is 0 Å². The molecule has 0 N–H and O–H groups in total. The average Bonchev–Trinajstić information content (AvgIpc) is 2.12. The van der Waals surface area contributed by atoms with Crippen LogP contribution in [-0.4, -0.2) is 0 Å². The summed E-state index contributed by atoms with van der Waals surface area (Å²) >= 11 is 0. The van der Waals surface area contributed by atoms with Crippen molar-refractivity contribution >= 4 is 10.9 Å². The first-order chi connectivity index (χ1) is 5.79. The third-order valence-electron chi connectivity index (χ3n) is 2.12. The van der Waals surface area contributed by atoms with Gasteiger partial charge in [-0.15, -0.1) is 0 Å². The van der Waals surface area contributed by atoms with E-state index in [4.69, 9.17) is 6.92 Å². The van der Waals surface area contributed by atoms with E-state index in [-0.39, 0.29) is 0 Å². The van der Waals surface area contributed by atoms with Gasteiger partial charge in [0.1, 0.15) is 7.05 Å². The van der Waals surface area contributed by atoms with Gasteiger partial charge in [0.25, 0.3) is 0 Å². The molecule has 0 saturated carbocycles. The Bertz CT molecular complexity index is 418. The minimum Gasteiger partial charge on any atom is -0.198 e. The molecule has 1 aromatic carbocycles. The Labute approximate surface area is 72.3 Å². The Morgan fingerprint density at radius 2 is 1.83 bits per heavy atom. The van der Waals surface area contributed by atoms with Crippen LogP contribution in [0.2, 0.25) is 0 Å². The number of aromatic nitrogens is 1. The van der Waals surface area contributed by atoms with Gasteiger partial charge in [-0.05, 0) is 12.1 Å². The van der Waals surface area contributed by atoms with Crippen LogP contribution in [0, 0.1) is 6.92 Å². The Hall–Kier alpha value is -1.37. The van der Waals surface area contributed by atoms with Crippen LogP contribution in [0.1, 0.15) is 5.69 Å². The minimum atomic E-state index is 0.786. The van der Waals surface area contributed by atoms with Crippen molar-refractivity contribution in [2.75, 3.05) is 0 Å². The Morgan fingerprint density at radius 1 is 1.08 bits per heavy atom. The van der Waals surface area contributed by atoms with Crippen LogP contribution in [0.4, 0.5) is 0 Å². The standard InChI is InChI=1S/C11H10N/c1-9-7-8-10-5-3-4-6-11(10)12(9)2/h1,3-8H,2H3/q+1. The number of pyridine rings is 1. The first kappa shape index (κ1) is 7.29. The fourth-order valence-corrected chi connectivity index (χ4v) is 1.36. The molecule has 2 aromatic rings. The van der Waals surface area contributed by atoms with Crippen molar-refractivity contribution in [3.05, 3.63) is 49.0 Å². The van der Waals surface area contributed by atoms with Crippen LogP contribution in [0.15, 0.2) is 36.4 Å². The van der Waals surface area contributed by atoms with E-state index in [1.807, 2.05) is 35.9 Å². The maximum atomic E-state index is 5.75. The summed E-state index contributed by atoms with van der Waals surface area (Å²) in [5.74, 6) is 0. The second kappa shape index (κ2) is 2.59. The Balaban J connectivity index is 2.91. The number of nitrogens with zero attached hydrogens (tertiary/aromatic N) is 1. The lowest BCUT2D eigenvalue weighted by atomic mass is 10.2. The van der Waals surface area contributed by atoms with Crippen LogP contribution in [0.5, 0.6) is 0 Å². The second-order valence-electron chi connectivity index (χ2n) is 2.88. The molecule has 1 aromatic heterocycles. The fourth-order valence-electron chi connectivity index (χ4n) is 1.36. The maximum Gasteiger partial charge on any atom is 0.212 e. The highest BCUT2D eigenvalue weighted by atomic mass is 14.9. The number of para-hydroxylation sites is 1. The quantitative estimate of drug-likeness (QED) is 0.511. The van der Waals surface area contributed by atoms with Gasteiger partial charge in [0.05, 0.1) is 6.92 Å². The largest absolute Gasteiger partial charge is 0.212 e. The molecule has 0 aliphatic heterocycles. The normalized spacial score (nSPS) is 10.5. The van der Waals surface area contributed by atoms with E-state index in [9.17, 15) is 0 Å². The minimum absolute atomic E-state index is 0.786. The van der Waals surface area contributed by atoms with E-state index in [2.05, 4.69) is 12.1 Å². The third kappa shape index (κ3) is 0.981. The third-order valence-corrected chi connectivity index (χ3v) is 2.12. The molecule has 0 amide bonds. The summed E-state index contributed by atoms with van der Waals surface area (Å²) in [5.41, 5.74) is 1.95. The summed E-state index contributed by atoms with van der Waals surface area (Å²) in [5, 5.41) is 1.22. The van der Waals surface area contributed by atoms with Crippen molar-refractivity contribution in [2.24, 2.45) is 7.05 Å². The molecule has 0 aliphatic rings. The summed E-state index contributed by atoms with van der Waals surface area (Å²) in [6, 6.07) is 12.1. The summed E-state index contributed by atoms with van der Waals surface area (Å²) in [4.78, 5) is 0. The van der Waals surface area contributed by atoms with Gasteiger partial charge in [0.2, 0.25) is 5.52 Å². The van der Waals surface area contributed by atoms with Gasteiger partial charge in [-0.3, -0.25) is 0 Å². The van der Waals surface area contributed by atoms with Gasteiger partial charge < -0.3 is 0 Å². The molecule has 2 radical (unpaired) electrons. The molecule has 58 valence electrons. The first-order valence-corrected chi connectivity index (χ1v) is 3.92. The van der Waals surface area contributed by atoms with Crippen LogP contribution >= 0.6 is 0 Å². The predicted molar refractivity (Wildman–Crippen MR) is 48.5 cm³/mol. The van der Waals surface area contributed by atoms with E-state index < -0.39 is 0 Å². The van der Waals surface area contributed by atoms with Gasteiger partial charge in [0, 0.05) is 17.5 Å². The predicted octanol–water partition coefficient (Wildman–Crippen LogP) is 1.72. The van der Waals surface area contributed by atoms with Crippen LogP contribution in [0.3, 0.4) is 0 Å². The average molecular weight is 156 g/mol. The van der Waals surface area contributed by atoms with Crippen molar-refractivity contribution in [3.63, 3.8) is 0 Å². The molecule has 12 heavy (non-hydrogen) atoms. The SMILES string of the molecule is [CH]c1ccc2ccccc2[n+]1C. The van der Waals surface area contributed by atoms with Gasteiger partial charge in [0.15, 0.2) is 5.69 Å². The molecular formula is C11H10N+. The lowest BCUT2D eigenvalue weighted by Gasteiger charge is -1.97. The molecule has 0 bridgehead atoms. The molecule has 0 fully saturated rings. The zero-order valence-electron chi connectivity index (χ0n) is 6.99. The van der Waals surface area contributed by atoms with Gasteiger partial charge >= 0.3 is 0 Å². The maximum absolute atomic E-state index is 5.75. The van der Waals surface area contributed by atoms with E-state index in [1.165, 1.54) is 5.39 Å². The van der Waals surface area contributed by atoms with Crippen LogP contribution < -0.4 is 4.57 Å². The lowest BCUT2D eigenvalue weighted by Crippen LogP contribution is -2.32. The second-order valence-corrected chi connectivity index (χ2v) is 2.88. The zero-order chi connectivity index (χ0) is 8.55. The smallest absolute Gasteiger partial charge is 0.198 e. The number of rotatable bonds is 0. The number of aryl methyl sites for hydroxylation is 1. The van der Waals surface area contributed by atoms with Gasteiger partial charge in [-0.2, -0.15) is 4.57 Å². The topological polar surface area (TPSA) is 3.88 Å². The fraction of sp³-hybridized carbons (Fsp3) is 0.0909. The summed E-state index contributed by atoms with van der Waals surface area (Å²) in [6.45, 7) is 5.75. The van der Waals surface area contributed by atoms with E-state index in [0.717, 1.165) is 11.2 Å². The van der Waals surface area contributed by atoms with E-state index >= 15 is 0 Å². The molecule has 0 saturated heterocycles. The molecule has 0 aliphatic carbocycles. The molecule has 1 heteroatoms. The van der Waals surface area contributed by atoms with Crippen molar-refractivity contribution in [1.82, 2.24) is 0 Å². The Kier molecular flexibility index (Phi) is 1.58. The first-order valence-electron chi connectivity index (χ1n) is 3.92.